The van der Waals surface area contributed by atoms with Gasteiger partial charge in [0.05, 0.1) is 12.5 Å². The van der Waals surface area contributed by atoms with E-state index in [0.717, 1.165) is 18.5 Å². The summed E-state index contributed by atoms with van der Waals surface area (Å²) in [5.41, 5.74) is 1.99. The summed E-state index contributed by atoms with van der Waals surface area (Å²) in [5, 5.41) is 2.09. The van der Waals surface area contributed by atoms with E-state index < -0.39 is 0 Å². The van der Waals surface area contributed by atoms with E-state index in [2.05, 4.69) is 18.4 Å². The van der Waals surface area contributed by atoms with Gasteiger partial charge in [-0.15, -0.1) is 11.3 Å². The summed E-state index contributed by atoms with van der Waals surface area (Å²) in [7, 11) is 0. The number of carbonyl (C=O) groups is 1. The Bertz CT molecular complexity index is 637. The molecule has 0 fully saturated rings. The van der Waals surface area contributed by atoms with E-state index in [-0.39, 0.29) is 24.2 Å². The molecule has 1 amide bonds. The fourth-order valence-electron chi connectivity index (χ4n) is 2.77. The Kier molecular flexibility index (Phi) is 3.57. The minimum Gasteiger partial charge on any atom is -0.335 e. The molecule has 1 aliphatic heterocycles. The van der Waals surface area contributed by atoms with Crippen LogP contribution in [0, 0.1) is 5.82 Å². The van der Waals surface area contributed by atoms with Gasteiger partial charge in [0.1, 0.15) is 5.82 Å². The Balaban J connectivity index is 1.75. The normalized spacial score (nSPS) is 17.9. The summed E-state index contributed by atoms with van der Waals surface area (Å²) in [6.07, 6.45) is 1.19. The summed E-state index contributed by atoms with van der Waals surface area (Å²) in [6.45, 7) is 2.82. The number of benzene rings is 1. The summed E-state index contributed by atoms with van der Waals surface area (Å²) in [4.78, 5) is 15.7. The van der Waals surface area contributed by atoms with E-state index >= 15 is 0 Å². The molecule has 0 radical (unpaired) electrons. The lowest BCUT2D eigenvalue weighted by Gasteiger charge is -2.33. The van der Waals surface area contributed by atoms with Crippen LogP contribution >= 0.6 is 11.3 Å². The molecule has 3 rings (SSSR count). The zero-order chi connectivity index (χ0) is 14.1. The number of halogens is 1. The fraction of sp³-hybridized carbons (Fsp3) is 0.312. The molecule has 1 aliphatic rings. The monoisotopic (exact) mass is 289 g/mol. The predicted molar refractivity (Wildman–Crippen MR) is 78.3 cm³/mol. The van der Waals surface area contributed by atoms with E-state index in [4.69, 9.17) is 0 Å². The van der Waals surface area contributed by atoms with Gasteiger partial charge in [0.15, 0.2) is 0 Å². The molecule has 0 saturated carbocycles. The first-order valence-corrected chi connectivity index (χ1v) is 7.63. The molecule has 2 aromatic rings. The molecular weight excluding hydrogens is 273 g/mol. The number of fused-ring (bicyclic) bond motifs is 1. The lowest BCUT2D eigenvalue weighted by atomic mass is 10.0. The number of carbonyl (C=O) groups excluding carboxylic acids is 1. The van der Waals surface area contributed by atoms with Crippen LogP contribution in [0.1, 0.15) is 29.0 Å². The van der Waals surface area contributed by atoms with Gasteiger partial charge in [0, 0.05) is 11.4 Å². The number of thiophene rings is 1. The van der Waals surface area contributed by atoms with Crippen LogP contribution in [0.5, 0.6) is 0 Å². The molecule has 0 N–H and O–H groups in total. The van der Waals surface area contributed by atoms with Crippen molar-refractivity contribution in [1.29, 1.82) is 0 Å². The van der Waals surface area contributed by atoms with Crippen molar-refractivity contribution in [2.45, 2.75) is 25.8 Å². The third kappa shape index (κ3) is 2.48. The summed E-state index contributed by atoms with van der Waals surface area (Å²) in [6, 6.07) is 8.50. The molecule has 2 heterocycles. The summed E-state index contributed by atoms with van der Waals surface area (Å²) < 4.78 is 13.2. The average Bonchev–Trinajstić information content (AvgIpc) is 2.88. The SMILES string of the molecule is C[C@@H]1c2ccsc2CCN1C(=O)Cc1cccc(F)c1. The fourth-order valence-corrected chi connectivity index (χ4v) is 3.74. The lowest BCUT2D eigenvalue weighted by Crippen LogP contribution is -2.39. The van der Waals surface area contributed by atoms with Crippen molar-refractivity contribution in [3.63, 3.8) is 0 Å². The maximum absolute atomic E-state index is 13.2. The van der Waals surface area contributed by atoms with Crippen LogP contribution < -0.4 is 0 Å². The third-order valence-corrected chi connectivity index (χ3v) is 4.84. The maximum atomic E-state index is 13.2. The van der Waals surface area contributed by atoms with Gasteiger partial charge in [0.2, 0.25) is 5.91 Å². The molecule has 1 aromatic heterocycles. The Hall–Kier alpha value is -1.68. The van der Waals surface area contributed by atoms with Crippen molar-refractivity contribution in [3.8, 4) is 0 Å². The van der Waals surface area contributed by atoms with Crippen LogP contribution in [0.3, 0.4) is 0 Å². The van der Waals surface area contributed by atoms with Crippen molar-refractivity contribution in [2.24, 2.45) is 0 Å². The first kappa shape index (κ1) is 13.3. The summed E-state index contributed by atoms with van der Waals surface area (Å²) >= 11 is 1.76. The van der Waals surface area contributed by atoms with Crippen LogP contribution in [0.2, 0.25) is 0 Å². The quantitative estimate of drug-likeness (QED) is 0.827. The topological polar surface area (TPSA) is 20.3 Å². The standard InChI is InChI=1S/C16H16FNOS/c1-11-14-6-8-20-15(14)5-7-18(11)16(19)10-12-3-2-4-13(17)9-12/h2-4,6,8-9,11H,5,7,10H2,1H3/t11-/m1/s1. The predicted octanol–water partition coefficient (Wildman–Crippen LogP) is 3.58. The van der Waals surface area contributed by atoms with Crippen molar-refractivity contribution in [1.82, 2.24) is 4.90 Å². The van der Waals surface area contributed by atoms with Gasteiger partial charge in [-0.05, 0) is 48.1 Å². The molecule has 20 heavy (non-hydrogen) atoms. The van der Waals surface area contributed by atoms with Gasteiger partial charge in [-0.1, -0.05) is 12.1 Å². The van der Waals surface area contributed by atoms with Crippen molar-refractivity contribution in [2.75, 3.05) is 6.54 Å². The lowest BCUT2D eigenvalue weighted by molar-refractivity contribution is -0.133. The second-order valence-electron chi connectivity index (χ2n) is 5.12. The average molecular weight is 289 g/mol. The molecule has 4 heteroatoms. The number of nitrogens with zero attached hydrogens (tertiary/aromatic N) is 1. The minimum atomic E-state index is -0.290. The Morgan fingerprint density at radius 3 is 3.10 bits per heavy atom. The number of hydrogen-bond acceptors (Lipinski definition) is 2. The van der Waals surface area contributed by atoms with Gasteiger partial charge in [-0.25, -0.2) is 4.39 Å². The highest BCUT2D eigenvalue weighted by Gasteiger charge is 2.28. The van der Waals surface area contributed by atoms with Crippen LogP contribution in [0.4, 0.5) is 4.39 Å². The Morgan fingerprint density at radius 1 is 1.45 bits per heavy atom. The summed E-state index contributed by atoms with van der Waals surface area (Å²) in [5.74, 6) is -0.220. The number of rotatable bonds is 2. The molecule has 0 saturated heterocycles. The second-order valence-corrected chi connectivity index (χ2v) is 6.12. The highest BCUT2D eigenvalue weighted by atomic mass is 32.1. The van der Waals surface area contributed by atoms with Crippen LogP contribution in [0.15, 0.2) is 35.7 Å². The van der Waals surface area contributed by atoms with Gasteiger partial charge < -0.3 is 4.90 Å². The molecule has 2 nitrogen and oxygen atoms in total. The molecule has 0 unspecified atom stereocenters. The number of amides is 1. The molecular formula is C16H16FNOS. The maximum Gasteiger partial charge on any atom is 0.227 e. The first-order valence-electron chi connectivity index (χ1n) is 6.75. The zero-order valence-electron chi connectivity index (χ0n) is 11.3. The van der Waals surface area contributed by atoms with Crippen LogP contribution in [-0.4, -0.2) is 17.4 Å². The van der Waals surface area contributed by atoms with E-state index in [1.165, 1.54) is 22.6 Å². The smallest absolute Gasteiger partial charge is 0.227 e. The Labute approximate surface area is 121 Å². The van der Waals surface area contributed by atoms with E-state index in [1.54, 1.807) is 23.5 Å². The van der Waals surface area contributed by atoms with Crippen molar-refractivity contribution >= 4 is 17.2 Å². The molecule has 0 spiro atoms. The molecule has 104 valence electrons. The number of hydrogen-bond donors (Lipinski definition) is 0. The van der Waals surface area contributed by atoms with Gasteiger partial charge in [0.25, 0.3) is 0 Å². The third-order valence-electron chi connectivity index (χ3n) is 3.84. The molecule has 0 bridgehead atoms. The van der Waals surface area contributed by atoms with E-state index in [0.29, 0.717) is 0 Å². The van der Waals surface area contributed by atoms with Gasteiger partial charge in [-0.3, -0.25) is 4.79 Å². The first-order chi connectivity index (χ1) is 9.65. The highest BCUT2D eigenvalue weighted by Crippen LogP contribution is 2.33. The van der Waals surface area contributed by atoms with Gasteiger partial charge in [-0.2, -0.15) is 0 Å². The molecule has 1 aromatic carbocycles. The van der Waals surface area contributed by atoms with E-state index in [1.807, 2.05) is 4.90 Å². The molecule has 1 atom stereocenters. The van der Waals surface area contributed by atoms with Gasteiger partial charge >= 0.3 is 0 Å². The largest absolute Gasteiger partial charge is 0.335 e. The highest BCUT2D eigenvalue weighted by molar-refractivity contribution is 7.10. The Morgan fingerprint density at radius 2 is 2.30 bits per heavy atom. The second kappa shape index (κ2) is 5.37. The van der Waals surface area contributed by atoms with E-state index in [9.17, 15) is 9.18 Å². The van der Waals surface area contributed by atoms with Crippen LogP contribution in [-0.2, 0) is 17.6 Å². The van der Waals surface area contributed by atoms with Crippen molar-refractivity contribution in [3.05, 3.63) is 57.5 Å². The minimum absolute atomic E-state index is 0.0694. The zero-order valence-corrected chi connectivity index (χ0v) is 12.1. The van der Waals surface area contributed by atoms with Crippen LogP contribution in [0.25, 0.3) is 0 Å². The molecule has 0 aliphatic carbocycles. The van der Waals surface area contributed by atoms with Crippen molar-refractivity contribution < 1.29 is 9.18 Å².